The molecule has 2 aliphatic heterocycles. The number of likely N-dealkylation sites (tertiary alicyclic amines) is 1. The maximum Gasteiger partial charge on any atom is 0.280 e. The third kappa shape index (κ3) is 3.46. The average Bonchev–Trinajstić information content (AvgIpc) is 3.37. The van der Waals surface area contributed by atoms with Crippen LogP contribution in [-0.4, -0.2) is 46.5 Å². The molecular weight excluding hydrogens is 478 g/mol. The van der Waals surface area contributed by atoms with Gasteiger partial charge in [0.1, 0.15) is 23.4 Å². The molecule has 11 heteroatoms. The minimum atomic E-state index is -2.90. The molecule has 2 saturated heterocycles. The van der Waals surface area contributed by atoms with Gasteiger partial charge in [0.15, 0.2) is 0 Å². The van der Waals surface area contributed by atoms with E-state index in [1.807, 2.05) is 0 Å². The van der Waals surface area contributed by atoms with Crippen molar-refractivity contribution < 1.29 is 31.9 Å². The van der Waals surface area contributed by atoms with Crippen LogP contribution in [-0.2, 0) is 9.53 Å². The van der Waals surface area contributed by atoms with Crippen molar-refractivity contribution in [1.29, 1.82) is 0 Å². The lowest BCUT2D eigenvalue weighted by molar-refractivity contribution is -0.123. The molecule has 0 radical (unpaired) electrons. The molecule has 2 N–H and O–H groups in total. The summed E-state index contributed by atoms with van der Waals surface area (Å²) in [5, 5.41) is -0.375. The zero-order valence-electron chi connectivity index (χ0n) is 17.7. The number of nitrogens with two attached hydrogens (primary N) is 1. The van der Waals surface area contributed by atoms with Crippen LogP contribution in [0.15, 0.2) is 30.5 Å². The summed E-state index contributed by atoms with van der Waals surface area (Å²) < 4.78 is 61.3. The van der Waals surface area contributed by atoms with Crippen LogP contribution in [0.1, 0.15) is 46.8 Å². The Labute approximate surface area is 197 Å². The van der Waals surface area contributed by atoms with Gasteiger partial charge < -0.3 is 15.4 Å². The number of carbonyl (C=O) groups excluding carboxylic acids is 2. The molecule has 1 aromatic carbocycles. The zero-order chi connectivity index (χ0) is 24.4. The van der Waals surface area contributed by atoms with Crippen molar-refractivity contribution in [1.82, 2.24) is 9.88 Å². The van der Waals surface area contributed by atoms with Crippen LogP contribution in [0, 0.1) is 23.5 Å². The number of carbonyl (C=O) groups is 2. The molecule has 2 amide bonds. The minimum absolute atomic E-state index is 0.0311. The lowest BCUT2D eigenvalue weighted by Gasteiger charge is -2.44. The summed E-state index contributed by atoms with van der Waals surface area (Å²) >= 11 is 5.75. The molecule has 2 aromatic rings. The number of primary amides is 1. The number of ether oxygens (including phenoxy) is 1. The van der Waals surface area contributed by atoms with Crippen molar-refractivity contribution in [2.75, 3.05) is 13.2 Å². The van der Waals surface area contributed by atoms with E-state index in [0.717, 1.165) is 24.4 Å². The molecule has 3 unspecified atom stereocenters. The molecule has 3 heterocycles. The van der Waals surface area contributed by atoms with E-state index in [4.69, 9.17) is 22.1 Å². The fourth-order valence-electron chi connectivity index (χ4n) is 5.68. The molecule has 3 fully saturated rings. The van der Waals surface area contributed by atoms with Gasteiger partial charge in [0.25, 0.3) is 12.3 Å². The number of fused-ring (bicyclic) bond motifs is 1. The quantitative estimate of drug-likeness (QED) is 0.485. The molecule has 1 saturated carbocycles. The minimum Gasteiger partial charge on any atom is -0.381 e. The van der Waals surface area contributed by atoms with E-state index >= 15 is 4.39 Å². The van der Waals surface area contributed by atoms with E-state index in [-0.39, 0.29) is 47.6 Å². The Balaban J connectivity index is 1.63. The third-order valence-corrected chi connectivity index (χ3v) is 7.53. The Morgan fingerprint density at radius 2 is 1.94 bits per heavy atom. The number of hydrogen-bond acceptors (Lipinski definition) is 4. The topological polar surface area (TPSA) is 85.5 Å². The summed E-state index contributed by atoms with van der Waals surface area (Å²) in [6.45, 7) is 0.522. The fourth-order valence-corrected chi connectivity index (χ4v) is 5.83. The van der Waals surface area contributed by atoms with E-state index in [9.17, 15) is 22.8 Å². The number of hydrogen-bond donors (Lipinski definition) is 1. The Hall–Kier alpha value is -2.72. The molecule has 4 atom stereocenters. The molecule has 34 heavy (non-hydrogen) atoms. The van der Waals surface area contributed by atoms with Gasteiger partial charge in [0.2, 0.25) is 5.91 Å². The Morgan fingerprint density at radius 1 is 1.21 bits per heavy atom. The standard InChI is InChI=1S/C23H20ClF4N3O3/c24-14-6-15(25)13(5-16(14)26)19(11-8-34-9-11)23-7-12(23)4-18(21(29)32)31(23)22(33)10-1-2-30-17(3-10)20(27)28/h1-3,5-6,11-12,18-20H,4,7-9H2,(H2,29,32)/t12?,18?,19-,23?/m1/s1. The van der Waals surface area contributed by atoms with E-state index in [0.29, 0.717) is 6.42 Å². The number of alkyl halides is 2. The Kier molecular flexibility index (Phi) is 5.55. The number of aromatic nitrogens is 1. The molecule has 0 bridgehead atoms. The number of amides is 2. The van der Waals surface area contributed by atoms with Crippen LogP contribution in [0.25, 0.3) is 0 Å². The molecule has 1 aromatic heterocycles. The Bertz CT molecular complexity index is 1180. The summed E-state index contributed by atoms with van der Waals surface area (Å²) in [4.78, 5) is 30.9. The summed E-state index contributed by atoms with van der Waals surface area (Å²) in [6.07, 6.45) is -1.13. The third-order valence-electron chi connectivity index (χ3n) is 7.24. The van der Waals surface area contributed by atoms with Crippen molar-refractivity contribution in [2.24, 2.45) is 17.6 Å². The summed E-state index contributed by atoms with van der Waals surface area (Å²) in [7, 11) is 0. The second kappa shape index (κ2) is 8.20. The normalized spacial score (nSPS) is 26.8. The van der Waals surface area contributed by atoms with Gasteiger partial charge in [0, 0.05) is 23.6 Å². The predicted molar refractivity (Wildman–Crippen MR) is 112 cm³/mol. The second-order valence-electron chi connectivity index (χ2n) is 9.05. The first kappa shape index (κ1) is 23.0. The van der Waals surface area contributed by atoms with Crippen molar-refractivity contribution in [2.45, 2.75) is 36.8 Å². The molecule has 6 nitrogen and oxygen atoms in total. The molecule has 0 spiro atoms. The highest BCUT2D eigenvalue weighted by Crippen LogP contribution is 2.67. The number of rotatable bonds is 6. The molecular formula is C23H20ClF4N3O3. The number of benzene rings is 1. The van der Waals surface area contributed by atoms with Gasteiger partial charge in [-0.15, -0.1) is 0 Å². The number of halogens is 5. The largest absolute Gasteiger partial charge is 0.381 e. The van der Waals surface area contributed by atoms with Crippen molar-refractivity contribution in [3.8, 4) is 0 Å². The first-order valence-electron chi connectivity index (χ1n) is 10.7. The molecule has 180 valence electrons. The summed E-state index contributed by atoms with van der Waals surface area (Å²) in [5.74, 6) is -4.15. The fraction of sp³-hybridized carbons (Fsp3) is 0.435. The van der Waals surface area contributed by atoms with Crippen LogP contribution in [0.4, 0.5) is 17.6 Å². The van der Waals surface area contributed by atoms with Crippen LogP contribution >= 0.6 is 11.6 Å². The maximum atomic E-state index is 15.1. The van der Waals surface area contributed by atoms with Gasteiger partial charge in [-0.05, 0) is 48.6 Å². The van der Waals surface area contributed by atoms with Crippen LogP contribution in [0.3, 0.4) is 0 Å². The number of piperidine rings is 1. The zero-order valence-corrected chi connectivity index (χ0v) is 18.4. The monoisotopic (exact) mass is 497 g/mol. The number of nitrogens with zero attached hydrogens (tertiary/aromatic N) is 2. The van der Waals surface area contributed by atoms with E-state index in [1.54, 1.807) is 0 Å². The second-order valence-corrected chi connectivity index (χ2v) is 9.46. The smallest absolute Gasteiger partial charge is 0.280 e. The highest BCUT2D eigenvalue weighted by atomic mass is 35.5. The first-order valence-corrected chi connectivity index (χ1v) is 11.1. The predicted octanol–water partition coefficient (Wildman–Crippen LogP) is 3.84. The van der Waals surface area contributed by atoms with Gasteiger partial charge in [-0.1, -0.05) is 11.6 Å². The van der Waals surface area contributed by atoms with E-state index in [1.165, 1.54) is 11.0 Å². The first-order chi connectivity index (χ1) is 16.1. The van der Waals surface area contributed by atoms with Gasteiger partial charge in [0.05, 0.1) is 23.8 Å². The van der Waals surface area contributed by atoms with Gasteiger partial charge in [-0.3, -0.25) is 14.6 Å². The van der Waals surface area contributed by atoms with Crippen LogP contribution in [0.5, 0.6) is 0 Å². The van der Waals surface area contributed by atoms with Gasteiger partial charge in [-0.25, -0.2) is 17.6 Å². The van der Waals surface area contributed by atoms with Crippen molar-refractivity contribution in [3.05, 3.63) is 63.9 Å². The lowest BCUT2D eigenvalue weighted by Crippen LogP contribution is -2.55. The molecule has 1 aliphatic carbocycles. The van der Waals surface area contributed by atoms with Crippen LogP contribution < -0.4 is 5.73 Å². The lowest BCUT2D eigenvalue weighted by atomic mass is 9.76. The summed E-state index contributed by atoms with van der Waals surface area (Å²) in [5.41, 5.74) is 3.93. The average molecular weight is 498 g/mol. The van der Waals surface area contributed by atoms with Crippen molar-refractivity contribution in [3.63, 3.8) is 0 Å². The van der Waals surface area contributed by atoms with E-state index in [2.05, 4.69) is 4.98 Å². The number of pyridine rings is 1. The van der Waals surface area contributed by atoms with Crippen LogP contribution in [0.2, 0.25) is 5.02 Å². The molecule has 3 aliphatic rings. The Morgan fingerprint density at radius 3 is 2.56 bits per heavy atom. The highest BCUT2D eigenvalue weighted by Gasteiger charge is 2.72. The maximum absolute atomic E-state index is 15.1. The SMILES string of the molecule is NC(=O)C1CC2CC2([C@@H](c2cc(F)c(Cl)cc2F)C2COC2)N1C(=O)c1ccnc(C(F)F)c1. The van der Waals surface area contributed by atoms with Gasteiger partial charge >= 0.3 is 0 Å². The van der Waals surface area contributed by atoms with Gasteiger partial charge in [-0.2, -0.15) is 0 Å². The molecule has 5 rings (SSSR count). The van der Waals surface area contributed by atoms with E-state index < -0.39 is 53.1 Å². The summed E-state index contributed by atoms with van der Waals surface area (Å²) in [6, 6.07) is 3.14. The highest BCUT2D eigenvalue weighted by molar-refractivity contribution is 6.30. The van der Waals surface area contributed by atoms with Crippen molar-refractivity contribution >= 4 is 23.4 Å².